The molecule has 0 saturated heterocycles. The van der Waals surface area contributed by atoms with Crippen molar-refractivity contribution in [3.63, 3.8) is 0 Å². The van der Waals surface area contributed by atoms with E-state index in [-0.39, 0.29) is 11.5 Å². The van der Waals surface area contributed by atoms with Crippen LogP contribution in [0.1, 0.15) is 5.56 Å². The van der Waals surface area contributed by atoms with E-state index >= 15 is 0 Å². The molecule has 2 aromatic carbocycles. The SMILES string of the molecule is COc1ccc(NC(=O)C(=O)N/N=C\c2cc(I)c(O)c(OC)c2)cc1. The molecule has 0 unspecified atom stereocenters. The van der Waals surface area contributed by atoms with Gasteiger partial charge in [0.2, 0.25) is 0 Å². The second-order valence-corrected chi connectivity index (χ2v) is 6.10. The van der Waals surface area contributed by atoms with Gasteiger partial charge in [-0.3, -0.25) is 9.59 Å². The van der Waals surface area contributed by atoms with E-state index in [0.29, 0.717) is 20.6 Å². The predicted octanol–water partition coefficient (Wildman–Crippen LogP) is 2.10. The largest absolute Gasteiger partial charge is 0.504 e. The fourth-order valence-corrected chi connectivity index (χ4v) is 2.53. The van der Waals surface area contributed by atoms with Crippen molar-refractivity contribution in [2.45, 2.75) is 0 Å². The van der Waals surface area contributed by atoms with E-state index in [2.05, 4.69) is 15.8 Å². The minimum Gasteiger partial charge on any atom is -0.504 e. The van der Waals surface area contributed by atoms with Gasteiger partial charge in [0.15, 0.2) is 11.5 Å². The number of methoxy groups -OCH3 is 2. The average molecular weight is 469 g/mol. The molecule has 0 bridgehead atoms. The number of rotatable bonds is 5. The van der Waals surface area contributed by atoms with Crippen molar-refractivity contribution in [3.8, 4) is 17.2 Å². The third-order valence-electron chi connectivity index (χ3n) is 3.20. The zero-order valence-electron chi connectivity index (χ0n) is 13.9. The number of phenols is 1. The Balaban J connectivity index is 1.95. The summed E-state index contributed by atoms with van der Waals surface area (Å²) in [6, 6.07) is 9.73. The van der Waals surface area contributed by atoms with Gasteiger partial charge in [-0.15, -0.1) is 0 Å². The molecule has 136 valence electrons. The van der Waals surface area contributed by atoms with Gasteiger partial charge in [0.25, 0.3) is 0 Å². The Labute approximate surface area is 163 Å². The van der Waals surface area contributed by atoms with Crippen molar-refractivity contribution < 1.29 is 24.2 Å². The predicted molar refractivity (Wildman–Crippen MR) is 105 cm³/mol. The molecule has 0 aromatic heterocycles. The molecule has 26 heavy (non-hydrogen) atoms. The normalized spacial score (nSPS) is 10.4. The van der Waals surface area contributed by atoms with Gasteiger partial charge >= 0.3 is 11.8 Å². The Morgan fingerprint density at radius 3 is 2.42 bits per heavy atom. The summed E-state index contributed by atoms with van der Waals surface area (Å²) in [5.41, 5.74) is 3.17. The van der Waals surface area contributed by atoms with Crippen molar-refractivity contribution >= 4 is 46.3 Å². The summed E-state index contributed by atoms with van der Waals surface area (Å²) >= 11 is 1.94. The molecule has 0 atom stereocenters. The van der Waals surface area contributed by atoms with Gasteiger partial charge in [-0.2, -0.15) is 5.10 Å². The summed E-state index contributed by atoms with van der Waals surface area (Å²) in [6.07, 6.45) is 1.34. The molecule has 0 radical (unpaired) electrons. The number of phenolic OH excluding ortho intramolecular Hbond substituents is 1. The number of nitrogens with zero attached hydrogens (tertiary/aromatic N) is 1. The maximum absolute atomic E-state index is 11.8. The molecule has 0 heterocycles. The van der Waals surface area contributed by atoms with Crippen molar-refractivity contribution in [2.24, 2.45) is 5.10 Å². The van der Waals surface area contributed by atoms with Crippen LogP contribution < -0.4 is 20.2 Å². The highest BCUT2D eigenvalue weighted by Gasteiger charge is 2.13. The number of carbonyl (C=O) groups is 2. The van der Waals surface area contributed by atoms with Crippen LogP contribution in [-0.2, 0) is 9.59 Å². The van der Waals surface area contributed by atoms with E-state index in [4.69, 9.17) is 9.47 Å². The van der Waals surface area contributed by atoms with E-state index in [0.717, 1.165) is 0 Å². The standard InChI is InChI=1S/C17H16IN3O5/c1-25-12-5-3-11(4-6-12)20-16(23)17(24)21-19-9-10-7-13(18)15(22)14(8-10)26-2/h3-9,22H,1-2H3,(H,20,23)(H,21,24)/b19-9-. The van der Waals surface area contributed by atoms with Gasteiger partial charge in [-0.05, 0) is 64.6 Å². The fraction of sp³-hybridized carbons (Fsp3) is 0.118. The molecule has 0 saturated carbocycles. The van der Waals surface area contributed by atoms with Gasteiger partial charge in [-0.25, -0.2) is 5.43 Å². The zero-order chi connectivity index (χ0) is 19.1. The molecule has 0 fully saturated rings. The van der Waals surface area contributed by atoms with Crippen LogP contribution in [0.15, 0.2) is 41.5 Å². The van der Waals surface area contributed by atoms with Crippen molar-refractivity contribution in [2.75, 3.05) is 19.5 Å². The first-order valence-corrected chi connectivity index (χ1v) is 8.37. The van der Waals surface area contributed by atoms with Crippen molar-refractivity contribution in [3.05, 3.63) is 45.5 Å². The topological polar surface area (TPSA) is 109 Å². The summed E-state index contributed by atoms with van der Waals surface area (Å²) < 4.78 is 10.6. The molecular formula is C17H16IN3O5. The highest BCUT2D eigenvalue weighted by atomic mass is 127. The van der Waals surface area contributed by atoms with Crippen molar-refractivity contribution in [1.29, 1.82) is 0 Å². The first-order valence-electron chi connectivity index (χ1n) is 7.29. The van der Waals surface area contributed by atoms with Crippen LogP contribution in [0.2, 0.25) is 0 Å². The summed E-state index contributed by atoms with van der Waals surface area (Å²) in [6.45, 7) is 0. The Bertz CT molecular complexity index is 837. The highest BCUT2D eigenvalue weighted by Crippen LogP contribution is 2.31. The minimum atomic E-state index is -0.919. The molecule has 8 nitrogen and oxygen atoms in total. The highest BCUT2D eigenvalue weighted by molar-refractivity contribution is 14.1. The monoisotopic (exact) mass is 469 g/mol. The number of nitrogens with one attached hydrogen (secondary N) is 2. The van der Waals surface area contributed by atoms with Crippen LogP contribution in [0.3, 0.4) is 0 Å². The van der Waals surface area contributed by atoms with Gasteiger partial charge in [-0.1, -0.05) is 0 Å². The lowest BCUT2D eigenvalue weighted by molar-refractivity contribution is -0.136. The third kappa shape index (κ3) is 5.09. The van der Waals surface area contributed by atoms with E-state index < -0.39 is 11.8 Å². The molecule has 2 rings (SSSR count). The molecule has 0 spiro atoms. The van der Waals surface area contributed by atoms with Crippen LogP contribution in [-0.4, -0.2) is 37.4 Å². The molecule has 9 heteroatoms. The lowest BCUT2D eigenvalue weighted by atomic mass is 10.2. The van der Waals surface area contributed by atoms with E-state index in [1.165, 1.54) is 20.4 Å². The summed E-state index contributed by atoms with van der Waals surface area (Å²) in [5.74, 6) is -0.839. The molecule has 2 aromatic rings. The average Bonchev–Trinajstić information content (AvgIpc) is 2.64. The first kappa shape index (κ1) is 19.5. The number of hydrogen-bond donors (Lipinski definition) is 3. The summed E-state index contributed by atoms with van der Waals surface area (Å²) in [7, 11) is 2.96. The molecular weight excluding hydrogens is 453 g/mol. The fourth-order valence-electron chi connectivity index (χ4n) is 1.90. The first-order chi connectivity index (χ1) is 12.4. The van der Waals surface area contributed by atoms with E-state index in [1.807, 2.05) is 22.6 Å². The van der Waals surface area contributed by atoms with Gasteiger partial charge in [0.1, 0.15) is 5.75 Å². The van der Waals surface area contributed by atoms with E-state index in [1.54, 1.807) is 36.4 Å². The molecule has 3 N–H and O–H groups in total. The maximum atomic E-state index is 11.8. The maximum Gasteiger partial charge on any atom is 0.329 e. The van der Waals surface area contributed by atoms with Crippen LogP contribution >= 0.6 is 22.6 Å². The number of aromatic hydroxyl groups is 1. The Morgan fingerprint density at radius 2 is 1.81 bits per heavy atom. The Morgan fingerprint density at radius 1 is 1.12 bits per heavy atom. The summed E-state index contributed by atoms with van der Waals surface area (Å²) in [5, 5.41) is 15.9. The molecule has 0 aliphatic heterocycles. The van der Waals surface area contributed by atoms with Gasteiger partial charge in [0, 0.05) is 5.69 Å². The zero-order valence-corrected chi connectivity index (χ0v) is 16.1. The summed E-state index contributed by atoms with van der Waals surface area (Å²) in [4.78, 5) is 23.6. The molecule has 0 aliphatic carbocycles. The smallest absolute Gasteiger partial charge is 0.329 e. The van der Waals surface area contributed by atoms with Crippen LogP contribution in [0, 0.1) is 3.57 Å². The lowest BCUT2D eigenvalue weighted by Gasteiger charge is -2.06. The van der Waals surface area contributed by atoms with Gasteiger partial charge < -0.3 is 19.9 Å². The van der Waals surface area contributed by atoms with Crippen LogP contribution in [0.5, 0.6) is 17.2 Å². The number of halogens is 1. The quantitative estimate of drug-likeness (QED) is 0.269. The number of anilines is 1. The number of benzene rings is 2. The number of ether oxygens (including phenoxy) is 2. The van der Waals surface area contributed by atoms with Crippen LogP contribution in [0.25, 0.3) is 0 Å². The number of amides is 2. The van der Waals surface area contributed by atoms with Crippen LogP contribution in [0.4, 0.5) is 5.69 Å². The second-order valence-electron chi connectivity index (χ2n) is 4.94. The number of hydrogen-bond acceptors (Lipinski definition) is 6. The number of carbonyl (C=O) groups excluding carboxylic acids is 2. The minimum absolute atomic E-state index is 0.0214. The third-order valence-corrected chi connectivity index (χ3v) is 4.03. The number of hydrazone groups is 1. The second kappa shape index (κ2) is 9.04. The van der Waals surface area contributed by atoms with Crippen molar-refractivity contribution in [1.82, 2.24) is 5.43 Å². The molecule has 2 amide bonds. The Hall–Kier alpha value is -2.82. The van der Waals surface area contributed by atoms with E-state index in [9.17, 15) is 14.7 Å². The van der Waals surface area contributed by atoms with Gasteiger partial charge in [0.05, 0.1) is 24.0 Å². The molecule has 0 aliphatic rings. The Kier molecular flexibility index (Phi) is 6.78. The lowest BCUT2D eigenvalue weighted by Crippen LogP contribution is -2.32.